The van der Waals surface area contributed by atoms with Crippen LogP contribution in [-0.4, -0.2) is 16.1 Å². The lowest BCUT2D eigenvalue weighted by atomic mass is 10.1. The summed E-state index contributed by atoms with van der Waals surface area (Å²) in [5, 5.41) is 11.0. The standard InChI is InChI=1S/C20H15NO5S/c22-13-5-6-14-12(9-20(24)26-16(14)10-13)11-25-19(23)8-7-18-21-15-3-1-2-4-17(15)27-18/h1-6,9-10,22H,7-8,11H2. The van der Waals surface area contributed by atoms with Crippen LogP contribution in [0.3, 0.4) is 0 Å². The minimum Gasteiger partial charge on any atom is -0.508 e. The molecule has 0 aliphatic carbocycles. The maximum atomic E-state index is 12.1. The smallest absolute Gasteiger partial charge is 0.336 e. The van der Waals surface area contributed by atoms with Gasteiger partial charge in [-0.3, -0.25) is 4.79 Å². The number of carbonyl (C=O) groups is 1. The normalized spacial score (nSPS) is 11.1. The number of phenols is 1. The van der Waals surface area contributed by atoms with Gasteiger partial charge >= 0.3 is 11.6 Å². The molecule has 0 aliphatic rings. The number of benzene rings is 2. The Kier molecular flexibility index (Phi) is 4.60. The third-order valence-electron chi connectivity index (χ3n) is 4.08. The van der Waals surface area contributed by atoms with Gasteiger partial charge in [-0.2, -0.15) is 0 Å². The SMILES string of the molecule is O=C(CCc1nc2ccccc2s1)OCc1cc(=O)oc2cc(O)ccc12. The Morgan fingerprint density at radius 3 is 2.89 bits per heavy atom. The number of para-hydroxylation sites is 1. The Morgan fingerprint density at radius 1 is 1.19 bits per heavy atom. The fourth-order valence-corrected chi connectivity index (χ4v) is 3.77. The van der Waals surface area contributed by atoms with Crippen molar-refractivity contribution < 1.29 is 19.1 Å². The van der Waals surface area contributed by atoms with Gasteiger partial charge in [0.05, 0.1) is 21.6 Å². The molecule has 27 heavy (non-hydrogen) atoms. The third-order valence-corrected chi connectivity index (χ3v) is 5.18. The van der Waals surface area contributed by atoms with Crippen molar-refractivity contribution in [2.24, 2.45) is 0 Å². The summed E-state index contributed by atoms with van der Waals surface area (Å²) in [4.78, 5) is 28.3. The molecule has 0 atom stereocenters. The van der Waals surface area contributed by atoms with E-state index in [1.165, 1.54) is 18.2 Å². The molecule has 4 aromatic rings. The molecule has 0 radical (unpaired) electrons. The van der Waals surface area contributed by atoms with E-state index in [1.807, 2.05) is 24.3 Å². The van der Waals surface area contributed by atoms with Gasteiger partial charge in [0, 0.05) is 29.5 Å². The van der Waals surface area contributed by atoms with E-state index in [4.69, 9.17) is 9.15 Å². The first-order chi connectivity index (χ1) is 13.1. The first-order valence-corrected chi connectivity index (χ1v) is 9.16. The fourth-order valence-electron chi connectivity index (χ4n) is 2.80. The summed E-state index contributed by atoms with van der Waals surface area (Å²) in [6.07, 6.45) is 0.712. The second-order valence-corrected chi connectivity index (χ2v) is 7.12. The topological polar surface area (TPSA) is 89.6 Å². The van der Waals surface area contributed by atoms with E-state index < -0.39 is 5.63 Å². The quantitative estimate of drug-likeness (QED) is 0.418. The van der Waals surface area contributed by atoms with Crippen molar-refractivity contribution in [2.75, 3.05) is 0 Å². The highest BCUT2D eigenvalue weighted by Gasteiger charge is 2.11. The van der Waals surface area contributed by atoms with Crippen molar-refractivity contribution in [2.45, 2.75) is 19.4 Å². The number of ether oxygens (including phenoxy) is 1. The number of aromatic hydroxyl groups is 1. The van der Waals surface area contributed by atoms with Crippen LogP contribution in [0.2, 0.25) is 0 Å². The highest BCUT2D eigenvalue weighted by atomic mass is 32.1. The number of esters is 1. The average molecular weight is 381 g/mol. The predicted molar refractivity (Wildman–Crippen MR) is 102 cm³/mol. The molecule has 0 unspecified atom stereocenters. The summed E-state index contributed by atoms with van der Waals surface area (Å²) in [5.41, 5.74) is 1.16. The van der Waals surface area contributed by atoms with E-state index in [9.17, 15) is 14.7 Å². The van der Waals surface area contributed by atoms with Crippen LogP contribution in [0.5, 0.6) is 5.75 Å². The number of rotatable bonds is 5. The van der Waals surface area contributed by atoms with Gasteiger partial charge in [0.1, 0.15) is 17.9 Å². The molecule has 0 amide bonds. The minimum absolute atomic E-state index is 0.00405. The molecule has 136 valence electrons. The molecule has 0 saturated carbocycles. The van der Waals surface area contributed by atoms with Gasteiger partial charge in [-0.25, -0.2) is 9.78 Å². The number of aryl methyl sites for hydroxylation is 1. The van der Waals surface area contributed by atoms with Crippen LogP contribution in [0, 0.1) is 0 Å². The first-order valence-electron chi connectivity index (χ1n) is 8.34. The van der Waals surface area contributed by atoms with Gasteiger partial charge in [0.25, 0.3) is 0 Å². The van der Waals surface area contributed by atoms with Crippen molar-refractivity contribution in [1.82, 2.24) is 4.98 Å². The highest BCUT2D eigenvalue weighted by molar-refractivity contribution is 7.18. The van der Waals surface area contributed by atoms with Gasteiger partial charge in [0.15, 0.2) is 0 Å². The Labute approximate surface area is 157 Å². The Bertz CT molecular complexity index is 1160. The van der Waals surface area contributed by atoms with Crippen LogP contribution in [0.1, 0.15) is 17.0 Å². The molecule has 0 aliphatic heterocycles. The highest BCUT2D eigenvalue weighted by Crippen LogP contribution is 2.24. The number of hydrogen-bond donors (Lipinski definition) is 1. The summed E-state index contributed by atoms with van der Waals surface area (Å²) in [7, 11) is 0. The average Bonchev–Trinajstić information content (AvgIpc) is 3.07. The number of hydrogen-bond acceptors (Lipinski definition) is 7. The molecule has 0 spiro atoms. The van der Waals surface area contributed by atoms with E-state index in [0.717, 1.165) is 15.2 Å². The molecule has 0 saturated heterocycles. The van der Waals surface area contributed by atoms with Gasteiger partial charge in [-0.15, -0.1) is 11.3 Å². The van der Waals surface area contributed by atoms with Crippen molar-refractivity contribution in [3.05, 3.63) is 69.5 Å². The number of fused-ring (bicyclic) bond motifs is 2. The number of carbonyl (C=O) groups excluding carboxylic acids is 1. The van der Waals surface area contributed by atoms with Crippen molar-refractivity contribution in [3.63, 3.8) is 0 Å². The van der Waals surface area contributed by atoms with Gasteiger partial charge in [-0.1, -0.05) is 12.1 Å². The van der Waals surface area contributed by atoms with Crippen LogP contribution >= 0.6 is 11.3 Å². The number of phenolic OH excluding ortho intramolecular Hbond substituents is 1. The molecule has 1 N–H and O–H groups in total. The van der Waals surface area contributed by atoms with Crippen molar-refractivity contribution >= 4 is 38.5 Å². The van der Waals surface area contributed by atoms with E-state index in [2.05, 4.69) is 4.98 Å². The summed E-state index contributed by atoms with van der Waals surface area (Å²) < 4.78 is 11.5. The molecule has 4 rings (SSSR count). The fraction of sp³-hybridized carbons (Fsp3) is 0.150. The summed E-state index contributed by atoms with van der Waals surface area (Å²) in [6.45, 7) is -0.0362. The molecule has 0 bridgehead atoms. The second kappa shape index (κ2) is 7.20. The van der Waals surface area contributed by atoms with Crippen molar-refractivity contribution in [1.29, 1.82) is 0 Å². The zero-order valence-electron chi connectivity index (χ0n) is 14.2. The predicted octanol–water partition coefficient (Wildman–Crippen LogP) is 3.78. The van der Waals surface area contributed by atoms with E-state index in [0.29, 0.717) is 17.4 Å². The Morgan fingerprint density at radius 2 is 2.04 bits per heavy atom. The third kappa shape index (κ3) is 3.83. The summed E-state index contributed by atoms with van der Waals surface area (Å²) in [5.74, 6) is -0.370. The molecule has 7 heteroatoms. The maximum absolute atomic E-state index is 12.1. The number of nitrogens with zero attached hydrogens (tertiary/aromatic N) is 1. The van der Waals surface area contributed by atoms with Gasteiger partial charge in [0.2, 0.25) is 0 Å². The monoisotopic (exact) mass is 381 g/mol. The molecule has 0 fully saturated rings. The lowest BCUT2D eigenvalue weighted by molar-refractivity contribution is -0.144. The molecule has 2 aromatic heterocycles. The van der Waals surface area contributed by atoms with E-state index in [1.54, 1.807) is 17.4 Å². The molecular formula is C20H15NO5S. The zero-order valence-corrected chi connectivity index (χ0v) is 15.0. The van der Waals surface area contributed by atoms with Crippen LogP contribution in [0.15, 0.2) is 57.7 Å². The Balaban J connectivity index is 1.42. The van der Waals surface area contributed by atoms with Crippen LogP contribution < -0.4 is 5.63 Å². The van der Waals surface area contributed by atoms with Crippen LogP contribution in [0.4, 0.5) is 0 Å². The van der Waals surface area contributed by atoms with Crippen LogP contribution in [-0.2, 0) is 22.6 Å². The number of thiazole rings is 1. The number of aromatic nitrogens is 1. The minimum atomic E-state index is -0.561. The lowest BCUT2D eigenvalue weighted by Crippen LogP contribution is -2.08. The Hall–Kier alpha value is -3.19. The zero-order chi connectivity index (χ0) is 18.8. The van der Waals surface area contributed by atoms with Crippen LogP contribution in [0.25, 0.3) is 21.2 Å². The van der Waals surface area contributed by atoms with E-state index in [-0.39, 0.29) is 30.3 Å². The maximum Gasteiger partial charge on any atom is 0.336 e. The first kappa shape index (κ1) is 17.2. The molecule has 6 nitrogen and oxygen atoms in total. The summed E-state index contributed by atoms with van der Waals surface area (Å²) in [6, 6.07) is 13.6. The second-order valence-electron chi connectivity index (χ2n) is 6.01. The van der Waals surface area contributed by atoms with E-state index >= 15 is 0 Å². The van der Waals surface area contributed by atoms with Gasteiger partial charge in [-0.05, 0) is 24.3 Å². The molecule has 2 aromatic carbocycles. The van der Waals surface area contributed by atoms with Crippen molar-refractivity contribution in [3.8, 4) is 5.75 Å². The largest absolute Gasteiger partial charge is 0.508 e. The summed E-state index contributed by atoms with van der Waals surface area (Å²) >= 11 is 1.56. The van der Waals surface area contributed by atoms with Gasteiger partial charge < -0.3 is 14.3 Å². The lowest BCUT2D eigenvalue weighted by Gasteiger charge is -2.07. The molecular weight excluding hydrogens is 366 g/mol. The molecule has 2 heterocycles.